The number of anilines is 16. The number of aryl methyl sites for hydroxylation is 10. The largest absolute Gasteiger partial charge is 0.493 e. The van der Waals surface area contributed by atoms with Crippen LogP contribution in [0.1, 0.15) is 55.6 Å². The Morgan fingerprint density at radius 2 is 0.492 bits per heavy atom. The number of fused-ring (bicyclic) bond motifs is 4. The van der Waals surface area contributed by atoms with E-state index >= 15 is 0 Å². The molecule has 10 nitrogen and oxygen atoms in total. The molecule has 0 N–H and O–H groups in total. The SMILES string of the molecule is Cc1ccccc1-c1ccc2c(c1)N(c1[c-]cccc1)[CH-]N2c1ccccc1C.Cc1ccccc1-c1ccc2c(n1)N(c1[c-]cccc1)[CH-]N2c1ccccc1C.Cc1ccccc1N1[CH-]N(c2[c-]cccc2)c2cc(-c3c(C)cccc3C)ccc21.Cc1ccccc1N1[CH-]N(c2[c-]cccc2)c2nc(-c3c(C)cccc3C)ccc21.[Ir].[Ir].[Ir].[Ir]. The molecule has 16 aromatic rings. The molecule has 14 aromatic carbocycles. The number of benzene rings is 14. The number of hydrogen-bond donors (Lipinski definition) is 0. The van der Waals surface area contributed by atoms with Crippen LogP contribution in [0.4, 0.5) is 91.3 Å². The number of nitrogens with zero attached hydrogens (tertiary/aromatic N) is 10. The summed E-state index contributed by atoms with van der Waals surface area (Å²) in [6.45, 7) is 30.1. The molecular formula is C108H90Ir4N10-8. The van der Waals surface area contributed by atoms with E-state index in [1.807, 2.05) is 60.7 Å². The van der Waals surface area contributed by atoms with Crippen molar-refractivity contribution < 1.29 is 80.4 Å². The van der Waals surface area contributed by atoms with Crippen molar-refractivity contribution in [2.45, 2.75) is 69.2 Å². The van der Waals surface area contributed by atoms with E-state index in [2.05, 4.69) is 438 Å². The van der Waals surface area contributed by atoms with Crippen molar-refractivity contribution in [1.82, 2.24) is 9.97 Å². The predicted octanol–water partition coefficient (Wildman–Crippen LogP) is 28.1. The molecular weight excluding hydrogens is 2210 g/mol. The van der Waals surface area contributed by atoms with Gasteiger partial charge in [0.15, 0.2) is 0 Å². The Balaban J connectivity index is 0.000000139. The summed E-state index contributed by atoms with van der Waals surface area (Å²) in [5.41, 5.74) is 37.4. The molecule has 0 saturated carbocycles. The van der Waals surface area contributed by atoms with Crippen LogP contribution in [0.2, 0.25) is 0 Å². The molecule has 0 atom stereocenters. The van der Waals surface area contributed by atoms with E-state index < -0.39 is 0 Å². The van der Waals surface area contributed by atoms with Crippen molar-refractivity contribution in [3.8, 4) is 44.8 Å². The Morgan fingerprint density at radius 1 is 0.205 bits per heavy atom. The molecule has 4 radical (unpaired) electrons. The first-order valence-corrected chi connectivity index (χ1v) is 40.1. The Bertz CT molecular complexity index is 5890. The summed E-state index contributed by atoms with van der Waals surface area (Å²) in [5, 5.41) is 0. The molecule has 0 unspecified atom stereocenters. The third-order valence-corrected chi connectivity index (χ3v) is 22.3. The maximum Gasteiger partial charge on any atom is 0.125 e. The van der Waals surface area contributed by atoms with Crippen LogP contribution in [0.5, 0.6) is 0 Å². The van der Waals surface area contributed by atoms with Gasteiger partial charge in [-0.1, -0.05) is 170 Å². The van der Waals surface area contributed by atoms with Gasteiger partial charge in [-0.05, 0) is 220 Å². The zero-order valence-electron chi connectivity index (χ0n) is 69.4. The van der Waals surface area contributed by atoms with Crippen LogP contribution in [-0.4, -0.2) is 9.97 Å². The Hall–Kier alpha value is -11.6. The Kier molecular flexibility index (Phi) is 28.5. The summed E-state index contributed by atoms with van der Waals surface area (Å²) in [7, 11) is 0. The summed E-state index contributed by atoms with van der Waals surface area (Å²) in [4.78, 5) is 27.9. The quantitative estimate of drug-likeness (QED) is 0.111. The molecule has 0 saturated heterocycles. The molecule has 0 aliphatic carbocycles. The number of pyridine rings is 2. The van der Waals surface area contributed by atoms with Gasteiger partial charge < -0.3 is 39.2 Å². The van der Waals surface area contributed by atoms with Crippen LogP contribution in [0.25, 0.3) is 44.8 Å². The smallest absolute Gasteiger partial charge is 0.125 e. The van der Waals surface area contributed by atoms with Gasteiger partial charge >= 0.3 is 0 Å². The third-order valence-electron chi connectivity index (χ3n) is 22.3. The van der Waals surface area contributed by atoms with Gasteiger partial charge in [0.1, 0.15) is 11.6 Å². The molecule has 4 aliphatic heterocycles. The Labute approximate surface area is 774 Å². The number of aromatic nitrogens is 2. The molecule has 0 spiro atoms. The van der Waals surface area contributed by atoms with Crippen LogP contribution in [0.3, 0.4) is 0 Å². The minimum atomic E-state index is 0. The maximum atomic E-state index is 5.14. The molecule has 0 amide bonds. The van der Waals surface area contributed by atoms with E-state index in [9.17, 15) is 0 Å². The van der Waals surface area contributed by atoms with Crippen molar-refractivity contribution in [3.63, 3.8) is 0 Å². The molecule has 0 bridgehead atoms. The van der Waals surface area contributed by atoms with E-state index in [0.29, 0.717) is 0 Å². The van der Waals surface area contributed by atoms with E-state index in [-0.39, 0.29) is 80.4 Å². The van der Waals surface area contributed by atoms with Crippen molar-refractivity contribution in [2.75, 3.05) is 39.2 Å². The van der Waals surface area contributed by atoms with Gasteiger partial charge in [-0.15, -0.1) is 49.4 Å². The van der Waals surface area contributed by atoms with Crippen LogP contribution in [0, 0.1) is 120 Å². The van der Waals surface area contributed by atoms with E-state index in [4.69, 9.17) is 9.97 Å². The van der Waals surface area contributed by atoms with Gasteiger partial charge in [-0.3, -0.25) is 0 Å². The number of hydrogen-bond acceptors (Lipinski definition) is 10. The predicted molar refractivity (Wildman–Crippen MR) is 492 cm³/mol. The van der Waals surface area contributed by atoms with Gasteiger partial charge in [-0.25, -0.2) is 9.97 Å². The second kappa shape index (κ2) is 39.5. The number of para-hydroxylation sites is 8. The first kappa shape index (κ1) is 88.2. The van der Waals surface area contributed by atoms with Crippen LogP contribution in [0.15, 0.2) is 340 Å². The van der Waals surface area contributed by atoms with Gasteiger partial charge in [0.05, 0.1) is 22.8 Å². The van der Waals surface area contributed by atoms with E-state index in [1.54, 1.807) is 0 Å². The summed E-state index contributed by atoms with van der Waals surface area (Å²) in [5.74, 6) is 1.83. The fraction of sp³-hybridized carbons (Fsp3) is 0.0926. The summed E-state index contributed by atoms with van der Waals surface area (Å²) in [6, 6.07) is 131. The second-order valence-corrected chi connectivity index (χ2v) is 30.2. The minimum Gasteiger partial charge on any atom is -0.493 e. The molecule has 122 heavy (non-hydrogen) atoms. The summed E-state index contributed by atoms with van der Waals surface area (Å²) in [6.07, 6.45) is 0. The topological polar surface area (TPSA) is 51.7 Å². The molecule has 616 valence electrons. The first-order valence-electron chi connectivity index (χ1n) is 40.1. The average molecular weight is 2300 g/mol. The van der Waals surface area contributed by atoms with Gasteiger partial charge in [0, 0.05) is 137 Å². The second-order valence-electron chi connectivity index (χ2n) is 30.2. The Morgan fingerprint density at radius 3 is 0.869 bits per heavy atom. The average Bonchev–Trinajstić information content (AvgIpc) is 1.63. The van der Waals surface area contributed by atoms with E-state index in [0.717, 1.165) is 79.8 Å². The normalized spacial score (nSPS) is 12.5. The molecule has 2 aromatic heterocycles. The minimum absolute atomic E-state index is 0. The molecule has 6 heterocycles. The molecule has 0 fully saturated rings. The zero-order chi connectivity index (χ0) is 80.9. The third kappa shape index (κ3) is 18.2. The molecule has 4 aliphatic rings. The van der Waals surface area contributed by atoms with Crippen molar-refractivity contribution in [3.05, 3.63) is 446 Å². The summed E-state index contributed by atoms with van der Waals surface area (Å²) >= 11 is 0. The van der Waals surface area contributed by atoms with Crippen molar-refractivity contribution in [2.24, 2.45) is 0 Å². The fourth-order valence-electron chi connectivity index (χ4n) is 16.2. The van der Waals surface area contributed by atoms with Crippen molar-refractivity contribution in [1.29, 1.82) is 0 Å². The van der Waals surface area contributed by atoms with Crippen molar-refractivity contribution >= 4 is 91.3 Å². The number of rotatable bonds is 12. The zero-order valence-corrected chi connectivity index (χ0v) is 79.0. The van der Waals surface area contributed by atoms with E-state index in [1.165, 1.54) is 112 Å². The standard InChI is InChI=1S/C28H24N2.C27H23N3.C27H22N2.C26H21N3.4Ir/c1-20-10-7-8-15-25(20)30-19-29(24-13-5-4-6-14-24)27-18-23(16-17-26(27)30)28-21(2)11-9-12-22(28)3;1-19-10-7-8-15-24(19)30-18-29(22-13-5-4-6-14-22)27-25(30)17-16-23(28-27)26-20(2)11-9-12-21(26)3;1-20-10-6-8-14-24(20)22-16-17-26-27(18-22)28(23-12-4-3-5-13-23)19-29(26)25-15-9-7-11-21(25)2;1-19-10-6-8-14-22(19)23-16-17-25-26(27-23)28(21-12-4-3-5-13-21)18-29(25)24-15-9-7-11-20(24)2;;;;/h4-13,15-19H,1-3H3;4-13,15-18H,1-3H3;3-12,14-19H,1-2H3;3-12,14-18H,1-2H3;;;;/q4*-2;;;;. The summed E-state index contributed by atoms with van der Waals surface area (Å²) < 4.78 is 0. The van der Waals surface area contributed by atoms with Crippen LogP contribution >= 0.6 is 0 Å². The van der Waals surface area contributed by atoms with Gasteiger partial charge in [0.2, 0.25) is 0 Å². The van der Waals surface area contributed by atoms with Gasteiger partial charge in [-0.2, -0.15) is 121 Å². The van der Waals surface area contributed by atoms with Crippen LogP contribution in [-0.2, 0) is 80.4 Å². The monoisotopic (exact) mass is 2300 g/mol. The molecule has 20 rings (SSSR count). The molecule has 14 heteroatoms. The van der Waals surface area contributed by atoms with Gasteiger partial charge in [0.25, 0.3) is 0 Å². The van der Waals surface area contributed by atoms with Crippen LogP contribution < -0.4 is 39.2 Å². The first-order chi connectivity index (χ1) is 57.7. The maximum absolute atomic E-state index is 5.14. The fourth-order valence-corrected chi connectivity index (χ4v) is 16.2.